The minimum absolute atomic E-state index is 0.229. The summed E-state index contributed by atoms with van der Waals surface area (Å²) in [7, 11) is 0. The van der Waals surface area contributed by atoms with Crippen LogP contribution in [0.15, 0.2) is 29.4 Å². The molecule has 1 aliphatic rings. The number of carbonyl (C=O) groups excluding carboxylic acids is 1. The minimum Gasteiger partial charge on any atom is -0.294 e. The van der Waals surface area contributed by atoms with E-state index in [4.69, 9.17) is 0 Å². The Morgan fingerprint density at radius 2 is 1.64 bits per heavy atom. The molecule has 0 heterocycles. The number of Topliss-reactive ketones (excluding diaryl/α,β-unsaturated/α-hetero) is 1. The first-order valence-corrected chi connectivity index (χ1v) is 8.10. The third-order valence-electron chi connectivity index (χ3n) is 4.63. The highest BCUT2D eigenvalue weighted by Crippen LogP contribution is 2.41. The van der Waals surface area contributed by atoms with Gasteiger partial charge in [0.25, 0.3) is 0 Å². The summed E-state index contributed by atoms with van der Waals surface area (Å²) >= 11 is 0. The maximum absolute atomic E-state index is 13.0. The van der Waals surface area contributed by atoms with Crippen molar-refractivity contribution in [3.63, 3.8) is 0 Å². The zero-order valence-corrected chi connectivity index (χ0v) is 15.2. The molecule has 0 spiro atoms. The normalized spacial score (nSPS) is 18.7. The van der Waals surface area contributed by atoms with E-state index in [1.165, 1.54) is 22.3 Å². The van der Waals surface area contributed by atoms with Crippen LogP contribution in [0.4, 0.5) is 0 Å². The quantitative estimate of drug-likeness (QED) is 0.621. The molecule has 1 atom stereocenters. The zero-order chi connectivity index (χ0) is 16.8. The first kappa shape index (κ1) is 16.7. The second kappa shape index (κ2) is 5.53. The summed E-state index contributed by atoms with van der Waals surface area (Å²) in [6.45, 7) is 16.7. The number of ketones is 1. The van der Waals surface area contributed by atoms with E-state index in [9.17, 15) is 4.79 Å². The molecule has 1 aliphatic carbocycles. The van der Waals surface area contributed by atoms with E-state index in [1.807, 2.05) is 20.8 Å². The standard InChI is InChI=1S/C21H28O/c1-12-9-14(3)19(20(22)21(6,7)8)17(10-12)18-15(4)11-13(2)16(18)5/h9-11,13H,1-8H3. The fourth-order valence-corrected chi connectivity index (χ4v) is 3.39. The van der Waals surface area contributed by atoms with Crippen LogP contribution in [0, 0.1) is 25.2 Å². The van der Waals surface area contributed by atoms with Crippen molar-refractivity contribution in [3.05, 3.63) is 51.6 Å². The van der Waals surface area contributed by atoms with E-state index in [0.717, 1.165) is 16.7 Å². The van der Waals surface area contributed by atoms with Gasteiger partial charge in [0.15, 0.2) is 5.78 Å². The van der Waals surface area contributed by atoms with Crippen molar-refractivity contribution in [2.24, 2.45) is 11.3 Å². The van der Waals surface area contributed by atoms with E-state index < -0.39 is 0 Å². The molecule has 1 unspecified atom stereocenters. The molecular formula is C21H28O. The molecule has 0 aliphatic heterocycles. The Bertz CT molecular complexity index is 693. The number of allylic oxidation sites excluding steroid dienone is 4. The predicted octanol–water partition coefficient (Wildman–Crippen LogP) is 5.90. The van der Waals surface area contributed by atoms with Gasteiger partial charge in [-0.2, -0.15) is 0 Å². The summed E-state index contributed by atoms with van der Waals surface area (Å²) in [5.41, 5.74) is 7.87. The number of carbonyl (C=O) groups is 1. The predicted molar refractivity (Wildman–Crippen MR) is 95.2 cm³/mol. The number of rotatable bonds is 2. The average molecular weight is 296 g/mol. The Labute approximate surface area is 135 Å². The highest BCUT2D eigenvalue weighted by atomic mass is 16.1. The molecule has 0 radical (unpaired) electrons. The van der Waals surface area contributed by atoms with Gasteiger partial charge in [-0.15, -0.1) is 0 Å². The van der Waals surface area contributed by atoms with Gasteiger partial charge in [-0.25, -0.2) is 0 Å². The second-order valence-electron chi connectivity index (χ2n) is 7.78. The molecule has 1 aromatic carbocycles. The molecule has 1 heteroatoms. The Kier molecular flexibility index (Phi) is 4.21. The van der Waals surface area contributed by atoms with Crippen LogP contribution in [0.3, 0.4) is 0 Å². The largest absolute Gasteiger partial charge is 0.294 e. The van der Waals surface area contributed by atoms with Crippen LogP contribution in [-0.2, 0) is 0 Å². The first-order valence-electron chi connectivity index (χ1n) is 8.10. The van der Waals surface area contributed by atoms with Crippen molar-refractivity contribution in [3.8, 4) is 0 Å². The van der Waals surface area contributed by atoms with Crippen LogP contribution in [0.2, 0.25) is 0 Å². The zero-order valence-electron chi connectivity index (χ0n) is 15.2. The van der Waals surface area contributed by atoms with E-state index in [0.29, 0.717) is 5.92 Å². The van der Waals surface area contributed by atoms with Gasteiger partial charge in [0, 0.05) is 11.0 Å². The van der Waals surface area contributed by atoms with E-state index in [-0.39, 0.29) is 11.2 Å². The summed E-state index contributed by atoms with van der Waals surface area (Å²) in [4.78, 5) is 13.0. The smallest absolute Gasteiger partial charge is 0.169 e. The van der Waals surface area contributed by atoms with Crippen LogP contribution in [-0.4, -0.2) is 5.78 Å². The third-order valence-corrected chi connectivity index (χ3v) is 4.63. The van der Waals surface area contributed by atoms with Gasteiger partial charge in [-0.05, 0) is 55.9 Å². The number of benzene rings is 1. The monoisotopic (exact) mass is 296 g/mol. The van der Waals surface area contributed by atoms with Crippen LogP contribution < -0.4 is 0 Å². The van der Waals surface area contributed by atoms with E-state index >= 15 is 0 Å². The van der Waals surface area contributed by atoms with Gasteiger partial charge in [0.1, 0.15) is 0 Å². The lowest BCUT2D eigenvalue weighted by Crippen LogP contribution is -2.23. The lowest BCUT2D eigenvalue weighted by molar-refractivity contribution is 0.0857. The summed E-state index contributed by atoms with van der Waals surface area (Å²) in [5, 5.41) is 0. The van der Waals surface area contributed by atoms with Crippen molar-refractivity contribution in [2.45, 2.75) is 55.4 Å². The molecule has 2 rings (SSSR count). The van der Waals surface area contributed by atoms with E-state index in [1.54, 1.807) is 0 Å². The molecule has 0 fully saturated rings. The molecule has 22 heavy (non-hydrogen) atoms. The van der Waals surface area contributed by atoms with Crippen molar-refractivity contribution in [1.82, 2.24) is 0 Å². The topological polar surface area (TPSA) is 17.1 Å². The Hall–Kier alpha value is -1.63. The molecule has 118 valence electrons. The molecule has 0 aromatic heterocycles. The highest BCUT2D eigenvalue weighted by molar-refractivity contribution is 6.06. The third kappa shape index (κ3) is 2.82. The van der Waals surface area contributed by atoms with Crippen molar-refractivity contribution in [2.75, 3.05) is 0 Å². The Morgan fingerprint density at radius 3 is 2.09 bits per heavy atom. The number of hydrogen-bond acceptors (Lipinski definition) is 1. The fraction of sp³-hybridized carbons (Fsp3) is 0.476. The molecule has 0 saturated heterocycles. The minimum atomic E-state index is -0.370. The lowest BCUT2D eigenvalue weighted by atomic mass is 9.79. The van der Waals surface area contributed by atoms with Crippen LogP contribution in [0.25, 0.3) is 5.57 Å². The maximum atomic E-state index is 13.0. The summed E-state index contributed by atoms with van der Waals surface area (Å²) in [6.07, 6.45) is 2.30. The van der Waals surface area contributed by atoms with Crippen molar-refractivity contribution in [1.29, 1.82) is 0 Å². The van der Waals surface area contributed by atoms with Crippen molar-refractivity contribution >= 4 is 11.4 Å². The fourth-order valence-electron chi connectivity index (χ4n) is 3.39. The van der Waals surface area contributed by atoms with Crippen LogP contribution >= 0.6 is 0 Å². The van der Waals surface area contributed by atoms with Gasteiger partial charge in [-0.1, -0.05) is 57.0 Å². The average Bonchev–Trinajstić information content (AvgIpc) is 2.60. The molecule has 0 N–H and O–H groups in total. The maximum Gasteiger partial charge on any atom is 0.169 e. The Morgan fingerprint density at radius 1 is 1.05 bits per heavy atom. The van der Waals surface area contributed by atoms with Crippen LogP contribution in [0.5, 0.6) is 0 Å². The summed E-state index contributed by atoms with van der Waals surface area (Å²) in [5.74, 6) is 0.682. The van der Waals surface area contributed by atoms with Gasteiger partial charge >= 0.3 is 0 Å². The second-order valence-corrected chi connectivity index (χ2v) is 7.78. The first-order chi connectivity index (χ1) is 10.0. The van der Waals surface area contributed by atoms with Gasteiger partial charge < -0.3 is 0 Å². The molecular weight excluding hydrogens is 268 g/mol. The van der Waals surface area contributed by atoms with Crippen molar-refractivity contribution < 1.29 is 4.79 Å². The summed E-state index contributed by atoms with van der Waals surface area (Å²) < 4.78 is 0. The van der Waals surface area contributed by atoms with Crippen LogP contribution in [0.1, 0.15) is 68.6 Å². The molecule has 1 aromatic rings. The van der Waals surface area contributed by atoms with Gasteiger partial charge in [-0.3, -0.25) is 4.79 Å². The highest BCUT2D eigenvalue weighted by Gasteiger charge is 2.30. The molecule has 0 amide bonds. The lowest BCUT2D eigenvalue weighted by Gasteiger charge is -2.23. The molecule has 0 bridgehead atoms. The van der Waals surface area contributed by atoms with Gasteiger partial charge in [0.05, 0.1) is 0 Å². The SMILES string of the molecule is CC1=CC(C)C(C)=C1c1cc(C)cc(C)c1C(=O)C(C)(C)C. The van der Waals surface area contributed by atoms with E-state index in [2.05, 4.69) is 52.8 Å². The molecule has 1 nitrogen and oxygen atoms in total. The van der Waals surface area contributed by atoms with Gasteiger partial charge in [0.2, 0.25) is 0 Å². The molecule has 0 saturated carbocycles. The number of aryl methyl sites for hydroxylation is 2. The number of hydrogen-bond donors (Lipinski definition) is 0. The Balaban J connectivity index is 2.78. The summed E-state index contributed by atoms with van der Waals surface area (Å²) in [6, 6.07) is 4.30.